The molecule has 0 aliphatic heterocycles. The molecule has 8 heteroatoms. The van der Waals surface area contributed by atoms with E-state index in [1.54, 1.807) is 7.05 Å². The zero-order valence-electron chi connectivity index (χ0n) is 12.3. The van der Waals surface area contributed by atoms with Gasteiger partial charge in [0.25, 0.3) is 0 Å². The number of hydrogen-bond acceptors (Lipinski definition) is 6. The lowest BCUT2D eigenvalue weighted by Crippen LogP contribution is -2.25. The molecule has 21 heavy (non-hydrogen) atoms. The van der Waals surface area contributed by atoms with Gasteiger partial charge in [-0.1, -0.05) is 0 Å². The minimum atomic E-state index is -0.532. The van der Waals surface area contributed by atoms with Crippen molar-refractivity contribution in [3.63, 3.8) is 0 Å². The van der Waals surface area contributed by atoms with Gasteiger partial charge in [-0.2, -0.15) is 0 Å². The number of carbonyl (C=O) groups excluding carboxylic acids is 2. The summed E-state index contributed by atoms with van der Waals surface area (Å²) in [5, 5.41) is 5.37. The van der Waals surface area contributed by atoms with Gasteiger partial charge in [0.2, 0.25) is 5.91 Å². The number of anilines is 1. The summed E-state index contributed by atoms with van der Waals surface area (Å²) in [5.41, 5.74) is 0.595. The van der Waals surface area contributed by atoms with Crippen LogP contribution in [0.1, 0.15) is 10.4 Å². The van der Waals surface area contributed by atoms with Gasteiger partial charge in [-0.3, -0.25) is 4.79 Å². The van der Waals surface area contributed by atoms with E-state index >= 15 is 0 Å². The maximum Gasteiger partial charge on any atom is 0.338 e. The maximum absolute atomic E-state index is 11.6. The van der Waals surface area contributed by atoms with Gasteiger partial charge in [-0.15, -0.1) is 12.4 Å². The third-order valence-corrected chi connectivity index (χ3v) is 2.51. The molecule has 0 aromatic heterocycles. The molecule has 1 amide bonds. The molecule has 0 saturated heterocycles. The lowest BCUT2D eigenvalue weighted by atomic mass is 10.1. The Bertz CT molecular complexity index is 508. The summed E-state index contributed by atoms with van der Waals surface area (Å²) in [6.45, 7) is 0.133. The molecular weight excluding hydrogens is 300 g/mol. The molecule has 0 unspecified atom stereocenters. The molecule has 0 spiro atoms. The number of ether oxygens (including phenoxy) is 3. The van der Waals surface area contributed by atoms with Crippen molar-refractivity contribution < 1.29 is 23.8 Å². The first-order valence-corrected chi connectivity index (χ1v) is 5.86. The van der Waals surface area contributed by atoms with E-state index in [1.165, 1.54) is 33.5 Å². The highest BCUT2D eigenvalue weighted by Crippen LogP contribution is 2.36. The van der Waals surface area contributed by atoms with Gasteiger partial charge in [0.1, 0.15) is 0 Å². The van der Waals surface area contributed by atoms with Crippen LogP contribution >= 0.6 is 12.4 Å². The minimum absolute atomic E-state index is 0. The summed E-state index contributed by atoms with van der Waals surface area (Å²) in [7, 11) is 5.82. The second kappa shape index (κ2) is 9.04. The summed E-state index contributed by atoms with van der Waals surface area (Å²) in [6.07, 6.45) is 0. The van der Waals surface area contributed by atoms with Gasteiger partial charge in [0.05, 0.1) is 39.1 Å². The van der Waals surface area contributed by atoms with E-state index in [2.05, 4.69) is 15.4 Å². The summed E-state index contributed by atoms with van der Waals surface area (Å²) >= 11 is 0. The number of hydrogen-bond donors (Lipinski definition) is 2. The lowest BCUT2D eigenvalue weighted by Gasteiger charge is -2.15. The zero-order valence-corrected chi connectivity index (χ0v) is 13.1. The van der Waals surface area contributed by atoms with Crippen LogP contribution in [-0.4, -0.2) is 46.8 Å². The molecule has 0 aliphatic carbocycles. The number of methoxy groups -OCH3 is 3. The van der Waals surface area contributed by atoms with Crippen LogP contribution in [0.2, 0.25) is 0 Å². The molecular formula is C13H19ClN2O5. The lowest BCUT2D eigenvalue weighted by molar-refractivity contribution is -0.115. The van der Waals surface area contributed by atoms with Crippen LogP contribution in [0.5, 0.6) is 11.5 Å². The largest absolute Gasteiger partial charge is 0.493 e. The van der Waals surface area contributed by atoms with Gasteiger partial charge in [0, 0.05) is 0 Å². The Balaban J connectivity index is 0.00000400. The number of halogens is 1. The molecule has 1 rings (SSSR count). The van der Waals surface area contributed by atoms with E-state index in [4.69, 9.17) is 9.47 Å². The van der Waals surface area contributed by atoms with Crippen LogP contribution < -0.4 is 20.1 Å². The van der Waals surface area contributed by atoms with Crippen molar-refractivity contribution in [3.8, 4) is 11.5 Å². The molecule has 0 aliphatic rings. The molecule has 0 radical (unpaired) electrons. The quantitative estimate of drug-likeness (QED) is 0.763. The second-order valence-electron chi connectivity index (χ2n) is 3.83. The Morgan fingerprint density at radius 3 is 2.29 bits per heavy atom. The Hall–Kier alpha value is -1.99. The van der Waals surface area contributed by atoms with Crippen LogP contribution in [0, 0.1) is 0 Å². The van der Waals surface area contributed by atoms with Crippen LogP contribution in [-0.2, 0) is 9.53 Å². The number of rotatable bonds is 6. The van der Waals surface area contributed by atoms with Gasteiger partial charge >= 0.3 is 5.97 Å². The van der Waals surface area contributed by atoms with Gasteiger partial charge in [0.15, 0.2) is 11.5 Å². The number of benzene rings is 1. The Kier molecular flexibility index (Phi) is 8.18. The Labute approximate surface area is 129 Å². The highest BCUT2D eigenvalue weighted by atomic mass is 35.5. The van der Waals surface area contributed by atoms with Gasteiger partial charge in [-0.25, -0.2) is 4.79 Å². The van der Waals surface area contributed by atoms with Crippen molar-refractivity contribution in [3.05, 3.63) is 17.7 Å². The minimum Gasteiger partial charge on any atom is -0.493 e. The summed E-state index contributed by atoms with van der Waals surface area (Å²) in [6, 6.07) is 2.96. The molecule has 0 saturated carbocycles. The molecule has 118 valence electrons. The van der Waals surface area contributed by atoms with Crippen molar-refractivity contribution in [2.24, 2.45) is 0 Å². The third kappa shape index (κ3) is 4.80. The molecule has 1 aromatic carbocycles. The van der Waals surface area contributed by atoms with E-state index in [-0.39, 0.29) is 30.4 Å². The van der Waals surface area contributed by atoms with Crippen molar-refractivity contribution >= 4 is 30.0 Å². The van der Waals surface area contributed by atoms with Gasteiger partial charge in [-0.05, 0) is 19.2 Å². The molecule has 1 aromatic rings. The summed E-state index contributed by atoms with van der Waals surface area (Å²) in [5.74, 6) is -0.135. The van der Waals surface area contributed by atoms with E-state index in [1.807, 2.05) is 0 Å². The molecule has 0 atom stereocenters. The number of esters is 1. The van der Waals surface area contributed by atoms with Crippen molar-refractivity contribution in [2.75, 3.05) is 40.2 Å². The fraction of sp³-hybridized carbons (Fsp3) is 0.385. The van der Waals surface area contributed by atoms with Crippen LogP contribution in [0.3, 0.4) is 0 Å². The Morgan fingerprint density at radius 1 is 1.14 bits per heavy atom. The number of likely N-dealkylation sites (N-methyl/N-ethyl adjacent to an activating group) is 1. The molecule has 2 N–H and O–H groups in total. The Morgan fingerprint density at radius 2 is 1.81 bits per heavy atom. The van der Waals surface area contributed by atoms with E-state index in [9.17, 15) is 9.59 Å². The molecule has 0 fully saturated rings. The first-order chi connectivity index (χ1) is 9.57. The van der Waals surface area contributed by atoms with E-state index < -0.39 is 5.97 Å². The van der Waals surface area contributed by atoms with E-state index in [0.717, 1.165) is 0 Å². The van der Waals surface area contributed by atoms with Crippen LogP contribution in [0.15, 0.2) is 12.1 Å². The normalized spacial score (nSPS) is 9.33. The third-order valence-electron chi connectivity index (χ3n) is 2.51. The monoisotopic (exact) mass is 318 g/mol. The smallest absolute Gasteiger partial charge is 0.338 e. The highest BCUT2D eigenvalue weighted by molar-refractivity contribution is 5.98. The topological polar surface area (TPSA) is 85.9 Å². The van der Waals surface area contributed by atoms with Crippen molar-refractivity contribution in [1.29, 1.82) is 0 Å². The van der Waals surface area contributed by atoms with Crippen molar-refractivity contribution in [1.82, 2.24) is 5.32 Å². The van der Waals surface area contributed by atoms with Crippen LogP contribution in [0.4, 0.5) is 5.69 Å². The standard InChI is InChI=1S/C13H18N2O5.ClH/c1-14-7-11(16)15-9-5-8(13(17)20-4)6-10(18-2)12(9)19-3;/h5-6,14H,7H2,1-4H3,(H,15,16);1H. The zero-order chi connectivity index (χ0) is 15.1. The number of nitrogens with one attached hydrogen (secondary N) is 2. The summed E-state index contributed by atoms with van der Waals surface area (Å²) in [4.78, 5) is 23.2. The first-order valence-electron chi connectivity index (χ1n) is 5.86. The first kappa shape index (κ1) is 19.0. The van der Waals surface area contributed by atoms with Crippen LogP contribution in [0.25, 0.3) is 0 Å². The molecule has 0 bridgehead atoms. The number of amides is 1. The predicted molar refractivity (Wildman–Crippen MR) is 80.7 cm³/mol. The summed E-state index contributed by atoms with van der Waals surface area (Å²) < 4.78 is 15.0. The average Bonchev–Trinajstić information content (AvgIpc) is 2.45. The predicted octanol–water partition coefficient (Wildman–Crippen LogP) is 1.07. The van der Waals surface area contributed by atoms with Crippen molar-refractivity contribution in [2.45, 2.75) is 0 Å². The second-order valence-corrected chi connectivity index (χ2v) is 3.83. The highest BCUT2D eigenvalue weighted by Gasteiger charge is 2.18. The number of carbonyl (C=O) groups is 2. The maximum atomic E-state index is 11.6. The molecule has 7 nitrogen and oxygen atoms in total. The average molecular weight is 319 g/mol. The molecule has 0 heterocycles. The fourth-order valence-corrected chi connectivity index (χ4v) is 1.65. The van der Waals surface area contributed by atoms with Gasteiger partial charge < -0.3 is 24.8 Å². The SMILES string of the molecule is CNCC(=O)Nc1cc(C(=O)OC)cc(OC)c1OC.Cl. The van der Waals surface area contributed by atoms with E-state index in [0.29, 0.717) is 17.2 Å². The fourth-order valence-electron chi connectivity index (χ4n) is 1.65.